The Balaban J connectivity index is 1.97. The lowest BCUT2D eigenvalue weighted by Crippen LogP contribution is -2.53. The number of ether oxygens (including phenoxy) is 4. The number of benzene rings is 1. The molecule has 0 aliphatic carbocycles. The summed E-state index contributed by atoms with van der Waals surface area (Å²) in [6.07, 6.45) is -1.03. The topological polar surface area (TPSA) is 83.4 Å². The van der Waals surface area contributed by atoms with Crippen molar-refractivity contribution in [3.8, 4) is 5.75 Å². The minimum Gasteiger partial charge on any atom is -0.479 e. The van der Waals surface area contributed by atoms with Gasteiger partial charge in [-0.25, -0.2) is 0 Å². The summed E-state index contributed by atoms with van der Waals surface area (Å²) in [5.41, 5.74) is -0.0509. The van der Waals surface area contributed by atoms with Crippen LogP contribution < -0.4 is 4.74 Å². The van der Waals surface area contributed by atoms with Crippen molar-refractivity contribution in [2.45, 2.75) is 31.0 Å². The zero-order valence-electron chi connectivity index (χ0n) is 11.4. The summed E-state index contributed by atoms with van der Waals surface area (Å²) in [6.45, 7) is 1.85. The summed E-state index contributed by atoms with van der Waals surface area (Å²) < 4.78 is 22.1. The Kier molecular flexibility index (Phi) is 2.93. The highest BCUT2D eigenvalue weighted by atomic mass is 16.7. The monoisotopic (exact) mass is 281 g/mol. The number of epoxide rings is 1. The molecule has 0 bridgehead atoms. The average Bonchev–Trinajstić information content (AvgIpc) is 3.21. The first kappa shape index (κ1) is 13.3. The van der Waals surface area contributed by atoms with E-state index in [0.29, 0.717) is 11.3 Å². The number of non-ortho nitro benzene ring substituents is 1. The number of nitrogens with zero attached hydrogens (tertiary/aromatic N) is 1. The normalized spacial score (nSPS) is 30.4. The van der Waals surface area contributed by atoms with E-state index in [0.717, 1.165) is 0 Å². The second kappa shape index (κ2) is 4.41. The van der Waals surface area contributed by atoms with Gasteiger partial charge in [-0.2, -0.15) is 0 Å². The molecule has 1 aromatic carbocycles. The van der Waals surface area contributed by atoms with Crippen LogP contribution in [0.25, 0.3) is 0 Å². The van der Waals surface area contributed by atoms with Crippen LogP contribution in [0.1, 0.15) is 18.6 Å². The van der Waals surface area contributed by atoms with Crippen LogP contribution in [0.3, 0.4) is 0 Å². The number of methoxy groups -OCH3 is 2. The molecule has 0 saturated carbocycles. The first-order valence-electron chi connectivity index (χ1n) is 6.19. The molecular weight excluding hydrogens is 266 g/mol. The number of nitro benzene ring substituents is 1. The smallest absolute Gasteiger partial charge is 0.270 e. The van der Waals surface area contributed by atoms with Gasteiger partial charge in [0.15, 0.2) is 11.9 Å². The standard InChI is InChI=1S/C13H15NO6/c1-13(12(17-2)18-3)11-10(19-11)8-6-7(14(15)16)4-5-9(8)20-13/h4-6,10-12H,1-3H3/t10-,11-,13-/m1/s1. The van der Waals surface area contributed by atoms with Crippen molar-refractivity contribution < 1.29 is 23.9 Å². The third-order valence-corrected chi connectivity index (χ3v) is 3.79. The van der Waals surface area contributed by atoms with Crippen LogP contribution in [-0.4, -0.2) is 37.1 Å². The van der Waals surface area contributed by atoms with Crippen LogP contribution >= 0.6 is 0 Å². The Bertz CT molecular complexity index is 558. The second-order valence-electron chi connectivity index (χ2n) is 5.05. The molecule has 0 radical (unpaired) electrons. The number of hydrogen-bond donors (Lipinski definition) is 0. The Morgan fingerprint density at radius 3 is 2.70 bits per heavy atom. The van der Waals surface area contributed by atoms with Crippen LogP contribution in [0.2, 0.25) is 0 Å². The summed E-state index contributed by atoms with van der Waals surface area (Å²) in [5, 5.41) is 10.8. The maximum Gasteiger partial charge on any atom is 0.270 e. The molecule has 0 amide bonds. The van der Waals surface area contributed by atoms with Crippen molar-refractivity contribution in [2.75, 3.05) is 14.2 Å². The molecular formula is C13H15NO6. The number of hydrogen-bond acceptors (Lipinski definition) is 6. The molecule has 0 N–H and O–H groups in total. The molecule has 2 heterocycles. The Morgan fingerprint density at radius 1 is 1.40 bits per heavy atom. The summed E-state index contributed by atoms with van der Waals surface area (Å²) in [6, 6.07) is 4.50. The first-order chi connectivity index (χ1) is 9.51. The molecule has 3 rings (SSSR count). The lowest BCUT2D eigenvalue weighted by molar-refractivity contribution is -0.385. The first-order valence-corrected chi connectivity index (χ1v) is 6.19. The molecule has 20 heavy (non-hydrogen) atoms. The summed E-state index contributed by atoms with van der Waals surface area (Å²) in [7, 11) is 3.07. The Morgan fingerprint density at radius 2 is 2.10 bits per heavy atom. The van der Waals surface area contributed by atoms with Gasteiger partial charge in [0.2, 0.25) is 0 Å². The second-order valence-corrected chi connectivity index (χ2v) is 5.05. The maximum atomic E-state index is 10.8. The summed E-state index contributed by atoms with van der Waals surface area (Å²) in [4.78, 5) is 10.4. The average molecular weight is 281 g/mol. The SMILES string of the molecule is COC(OC)[C@]1(C)Oc2ccc([N+](=O)[O-])cc2[C@H]2O[C@H]21. The van der Waals surface area contributed by atoms with Crippen molar-refractivity contribution in [3.63, 3.8) is 0 Å². The molecule has 0 aromatic heterocycles. The Labute approximate surface area is 115 Å². The molecule has 7 heteroatoms. The van der Waals surface area contributed by atoms with Gasteiger partial charge in [0.05, 0.1) is 4.92 Å². The van der Waals surface area contributed by atoms with Gasteiger partial charge in [-0.15, -0.1) is 0 Å². The van der Waals surface area contributed by atoms with Crippen LogP contribution in [-0.2, 0) is 14.2 Å². The highest BCUT2D eigenvalue weighted by molar-refractivity contribution is 5.49. The van der Waals surface area contributed by atoms with Crippen molar-refractivity contribution in [1.29, 1.82) is 0 Å². The van der Waals surface area contributed by atoms with E-state index >= 15 is 0 Å². The van der Waals surface area contributed by atoms with Crippen LogP contribution in [0, 0.1) is 10.1 Å². The minimum atomic E-state index is -0.780. The van der Waals surface area contributed by atoms with Gasteiger partial charge in [-0.1, -0.05) is 0 Å². The highest BCUT2D eigenvalue weighted by Gasteiger charge is 2.63. The largest absolute Gasteiger partial charge is 0.479 e. The minimum absolute atomic E-state index is 0.0280. The van der Waals surface area contributed by atoms with Gasteiger partial charge in [0.1, 0.15) is 18.0 Å². The van der Waals surface area contributed by atoms with Crippen LogP contribution in [0.5, 0.6) is 5.75 Å². The predicted molar refractivity (Wildman–Crippen MR) is 67.5 cm³/mol. The molecule has 3 atom stereocenters. The van der Waals surface area contributed by atoms with Gasteiger partial charge in [0.25, 0.3) is 5.69 Å². The zero-order chi connectivity index (χ0) is 14.5. The molecule has 1 aromatic rings. The van der Waals surface area contributed by atoms with Gasteiger partial charge >= 0.3 is 0 Å². The third kappa shape index (κ3) is 1.78. The lowest BCUT2D eigenvalue weighted by Gasteiger charge is -2.37. The molecule has 1 saturated heterocycles. The van der Waals surface area contributed by atoms with Gasteiger partial charge in [-0.3, -0.25) is 10.1 Å². The van der Waals surface area contributed by atoms with Gasteiger partial charge in [-0.05, 0) is 13.0 Å². The molecule has 0 spiro atoms. The lowest BCUT2D eigenvalue weighted by atomic mass is 9.91. The number of fused-ring (bicyclic) bond motifs is 3. The fourth-order valence-electron chi connectivity index (χ4n) is 2.79. The van der Waals surface area contributed by atoms with E-state index in [2.05, 4.69) is 0 Å². The fraction of sp³-hybridized carbons (Fsp3) is 0.538. The van der Waals surface area contributed by atoms with E-state index in [9.17, 15) is 10.1 Å². The van der Waals surface area contributed by atoms with Gasteiger partial charge < -0.3 is 18.9 Å². The zero-order valence-corrected chi connectivity index (χ0v) is 11.4. The summed E-state index contributed by atoms with van der Waals surface area (Å²) in [5.74, 6) is 0.566. The molecule has 1 fully saturated rings. The van der Waals surface area contributed by atoms with E-state index in [4.69, 9.17) is 18.9 Å². The van der Waals surface area contributed by atoms with E-state index in [1.165, 1.54) is 26.4 Å². The highest BCUT2D eigenvalue weighted by Crippen LogP contribution is 2.55. The number of rotatable bonds is 4. The fourth-order valence-corrected chi connectivity index (χ4v) is 2.79. The molecule has 2 aliphatic heterocycles. The molecule has 2 aliphatic rings. The van der Waals surface area contributed by atoms with E-state index in [1.807, 2.05) is 6.92 Å². The molecule has 0 unspecified atom stereocenters. The predicted octanol–water partition coefficient (Wildman–Crippen LogP) is 1.80. The van der Waals surface area contributed by atoms with E-state index in [-0.39, 0.29) is 17.9 Å². The van der Waals surface area contributed by atoms with Crippen molar-refractivity contribution in [3.05, 3.63) is 33.9 Å². The molecule has 108 valence electrons. The third-order valence-electron chi connectivity index (χ3n) is 3.79. The number of nitro groups is 1. The van der Waals surface area contributed by atoms with E-state index in [1.54, 1.807) is 6.07 Å². The van der Waals surface area contributed by atoms with Gasteiger partial charge in [0, 0.05) is 31.9 Å². The van der Waals surface area contributed by atoms with Crippen molar-refractivity contribution >= 4 is 5.69 Å². The Hall–Kier alpha value is -1.70. The van der Waals surface area contributed by atoms with Crippen molar-refractivity contribution in [1.82, 2.24) is 0 Å². The quantitative estimate of drug-likeness (QED) is 0.362. The maximum absolute atomic E-state index is 10.8. The molecule has 7 nitrogen and oxygen atoms in total. The van der Waals surface area contributed by atoms with E-state index < -0.39 is 16.8 Å². The van der Waals surface area contributed by atoms with Crippen LogP contribution in [0.15, 0.2) is 18.2 Å². The van der Waals surface area contributed by atoms with Crippen molar-refractivity contribution in [2.24, 2.45) is 0 Å². The summed E-state index contributed by atoms with van der Waals surface area (Å²) >= 11 is 0. The van der Waals surface area contributed by atoms with Crippen LogP contribution in [0.4, 0.5) is 5.69 Å².